The van der Waals surface area contributed by atoms with Gasteiger partial charge in [-0.2, -0.15) is 0 Å². The van der Waals surface area contributed by atoms with Gasteiger partial charge in [0.2, 0.25) is 0 Å². The van der Waals surface area contributed by atoms with Crippen molar-refractivity contribution in [2.24, 2.45) is 0 Å². The molecule has 0 aliphatic heterocycles. The van der Waals surface area contributed by atoms with Crippen molar-refractivity contribution in [2.45, 2.75) is 6.92 Å². The molecule has 0 fully saturated rings. The Labute approximate surface area is 177 Å². The third-order valence-electron chi connectivity index (χ3n) is 4.46. The van der Waals surface area contributed by atoms with Gasteiger partial charge in [0.25, 0.3) is 0 Å². The highest BCUT2D eigenvalue weighted by atomic mass is 32.1. The van der Waals surface area contributed by atoms with Crippen molar-refractivity contribution in [1.82, 2.24) is 15.0 Å². The first-order chi connectivity index (χ1) is 14.5. The normalized spacial score (nSPS) is 10.6. The molecule has 150 valence electrons. The van der Waals surface area contributed by atoms with Gasteiger partial charge in [0.1, 0.15) is 11.6 Å². The molecule has 0 saturated carbocycles. The molecule has 0 aliphatic carbocycles. The van der Waals surface area contributed by atoms with E-state index in [-0.39, 0.29) is 5.56 Å². The molecule has 0 amide bonds. The number of pyridine rings is 2. The first kappa shape index (κ1) is 19.5. The summed E-state index contributed by atoms with van der Waals surface area (Å²) in [6, 6.07) is 16.4. The molecule has 0 spiro atoms. The predicted octanol–water partition coefficient (Wildman–Crippen LogP) is 5.12. The Bertz CT molecular complexity index is 1190. The van der Waals surface area contributed by atoms with Crippen LogP contribution in [0, 0.1) is 6.92 Å². The fourth-order valence-corrected chi connectivity index (χ4v) is 3.72. The highest BCUT2D eigenvalue weighted by molar-refractivity contribution is 7.18. The smallest absolute Gasteiger partial charge is 0.335 e. The molecule has 30 heavy (non-hydrogen) atoms. The SMILES string of the molecule is Cc1ccnc(Nc2cccc(-c3cnc(N(C)c4ccc(C(=O)O)cc4)s3)n2)c1. The van der Waals surface area contributed by atoms with Crippen LogP contribution >= 0.6 is 11.3 Å². The van der Waals surface area contributed by atoms with Crippen molar-refractivity contribution in [3.05, 3.63) is 78.1 Å². The molecule has 7 nitrogen and oxygen atoms in total. The second kappa shape index (κ2) is 8.30. The van der Waals surface area contributed by atoms with Crippen LogP contribution in [0.5, 0.6) is 0 Å². The monoisotopic (exact) mass is 417 g/mol. The van der Waals surface area contributed by atoms with Crippen LogP contribution in [0.15, 0.2) is 67.0 Å². The zero-order valence-electron chi connectivity index (χ0n) is 16.4. The summed E-state index contributed by atoms with van der Waals surface area (Å²) in [6.07, 6.45) is 3.55. The van der Waals surface area contributed by atoms with E-state index >= 15 is 0 Å². The van der Waals surface area contributed by atoms with Crippen molar-refractivity contribution in [3.63, 3.8) is 0 Å². The van der Waals surface area contributed by atoms with E-state index in [9.17, 15) is 4.79 Å². The van der Waals surface area contributed by atoms with Gasteiger partial charge in [-0.05, 0) is 61.0 Å². The number of rotatable bonds is 6. The molecular formula is C22H19N5O2S. The largest absolute Gasteiger partial charge is 0.478 e. The zero-order chi connectivity index (χ0) is 21.1. The average Bonchev–Trinajstić information content (AvgIpc) is 3.24. The Morgan fingerprint density at radius 3 is 2.60 bits per heavy atom. The Morgan fingerprint density at radius 1 is 1.07 bits per heavy atom. The van der Waals surface area contributed by atoms with E-state index < -0.39 is 5.97 Å². The summed E-state index contributed by atoms with van der Waals surface area (Å²) < 4.78 is 0. The second-order valence-corrected chi connectivity index (χ2v) is 7.68. The maximum Gasteiger partial charge on any atom is 0.335 e. The summed E-state index contributed by atoms with van der Waals surface area (Å²) in [5.41, 5.74) is 3.04. The lowest BCUT2D eigenvalue weighted by atomic mass is 10.2. The van der Waals surface area contributed by atoms with E-state index in [4.69, 9.17) is 5.11 Å². The third-order valence-corrected chi connectivity index (χ3v) is 5.55. The maximum absolute atomic E-state index is 11.0. The Balaban J connectivity index is 1.54. The number of anilines is 4. The fraction of sp³-hybridized carbons (Fsp3) is 0.0909. The third kappa shape index (κ3) is 4.28. The van der Waals surface area contributed by atoms with E-state index in [0.717, 1.165) is 32.8 Å². The number of carboxylic acids is 1. The lowest BCUT2D eigenvalue weighted by Gasteiger charge is -2.15. The number of aryl methyl sites for hydroxylation is 1. The van der Waals surface area contributed by atoms with Gasteiger partial charge in [-0.25, -0.2) is 19.7 Å². The molecule has 0 atom stereocenters. The lowest BCUT2D eigenvalue weighted by Crippen LogP contribution is -2.09. The molecule has 3 heterocycles. The van der Waals surface area contributed by atoms with E-state index in [0.29, 0.717) is 5.82 Å². The topological polar surface area (TPSA) is 91.2 Å². The van der Waals surface area contributed by atoms with Gasteiger partial charge in [0, 0.05) is 25.1 Å². The molecule has 8 heteroatoms. The summed E-state index contributed by atoms with van der Waals surface area (Å²) in [7, 11) is 1.90. The van der Waals surface area contributed by atoms with E-state index in [1.165, 1.54) is 11.3 Å². The minimum atomic E-state index is -0.943. The van der Waals surface area contributed by atoms with Gasteiger partial charge in [-0.3, -0.25) is 0 Å². The van der Waals surface area contributed by atoms with Crippen molar-refractivity contribution in [1.29, 1.82) is 0 Å². The Kier molecular flexibility index (Phi) is 5.40. The number of hydrogen-bond donors (Lipinski definition) is 2. The van der Waals surface area contributed by atoms with Crippen LogP contribution in [0.25, 0.3) is 10.6 Å². The average molecular weight is 417 g/mol. The summed E-state index contributed by atoms with van der Waals surface area (Å²) in [5, 5.41) is 13.1. The minimum absolute atomic E-state index is 0.253. The highest BCUT2D eigenvalue weighted by Gasteiger charge is 2.12. The summed E-state index contributed by atoms with van der Waals surface area (Å²) in [4.78, 5) is 27.4. The number of hydrogen-bond acceptors (Lipinski definition) is 7. The van der Waals surface area contributed by atoms with Crippen LogP contribution < -0.4 is 10.2 Å². The fourth-order valence-electron chi connectivity index (χ4n) is 2.85. The molecule has 3 aromatic heterocycles. The van der Waals surface area contributed by atoms with Crippen LogP contribution in [0.1, 0.15) is 15.9 Å². The molecular weight excluding hydrogens is 398 g/mol. The van der Waals surface area contributed by atoms with Gasteiger partial charge >= 0.3 is 5.97 Å². The molecule has 2 N–H and O–H groups in total. The number of nitrogens with zero attached hydrogens (tertiary/aromatic N) is 4. The van der Waals surface area contributed by atoms with Crippen molar-refractivity contribution in [2.75, 3.05) is 17.3 Å². The number of carbonyl (C=O) groups is 1. The van der Waals surface area contributed by atoms with Gasteiger partial charge in [-0.15, -0.1) is 0 Å². The molecule has 0 saturated heterocycles. The minimum Gasteiger partial charge on any atom is -0.478 e. The van der Waals surface area contributed by atoms with Gasteiger partial charge in [0.05, 0.1) is 16.1 Å². The van der Waals surface area contributed by atoms with Crippen molar-refractivity contribution in [3.8, 4) is 10.6 Å². The standard InChI is InChI=1S/C22H19N5O2S/c1-14-10-11-23-20(12-14)26-19-5-3-4-17(25-19)18-13-24-22(30-18)27(2)16-8-6-15(7-9-16)21(28)29/h3-13H,1-2H3,(H,28,29)(H,23,25,26). The van der Waals surface area contributed by atoms with Crippen molar-refractivity contribution >= 4 is 39.8 Å². The number of thiazole rings is 1. The molecule has 4 rings (SSSR count). The second-order valence-electron chi connectivity index (χ2n) is 6.67. The van der Waals surface area contributed by atoms with E-state index in [1.807, 2.05) is 49.2 Å². The van der Waals surface area contributed by atoms with Crippen LogP contribution in [0.3, 0.4) is 0 Å². The van der Waals surface area contributed by atoms with Crippen LogP contribution in [-0.4, -0.2) is 33.1 Å². The van der Waals surface area contributed by atoms with Crippen LogP contribution in [0.4, 0.5) is 22.5 Å². The van der Waals surface area contributed by atoms with Gasteiger partial charge in [0.15, 0.2) is 5.13 Å². The van der Waals surface area contributed by atoms with Gasteiger partial charge in [-0.1, -0.05) is 17.4 Å². The van der Waals surface area contributed by atoms with E-state index in [2.05, 4.69) is 20.3 Å². The Hall–Kier alpha value is -3.78. The highest BCUT2D eigenvalue weighted by Crippen LogP contribution is 2.33. The summed E-state index contributed by atoms with van der Waals surface area (Å²) >= 11 is 1.51. The zero-order valence-corrected chi connectivity index (χ0v) is 17.2. The number of nitrogens with one attached hydrogen (secondary N) is 1. The number of aromatic carboxylic acids is 1. The van der Waals surface area contributed by atoms with Crippen molar-refractivity contribution < 1.29 is 9.90 Å². The van der Waals surface area contributed by atoms with Crippen LogP contribution in [-0.2, 0) is 0 Å². The molecule has 4 aromatic rings. The first-order valence-corrected chi connectivity index (χ1v) is 10.0. The summed E-state index contributed by atoms with van der Waals surface area (Å²) in [6.45, 7) is 2.02. The summed E-state index contributed by atoms with van der Waals surface area (Å²) in [5.74, 6) is 0.508. The molecule has 0 aliphatic rings. The van der Waals surface area contributed by atoms with Crippen LogP contribution in [0.2, 0.25) is 0 Å². The molecule has 1 aromatic carbocycles. The van der Waals surface area contributed by atoms with E-state index in [1.54, 1.807) is 36.7 Å². The first-order valence-electron chi connectivity index (χ1n) is 9.19. The number of aromatic nitrogens is 3. The van der Waals surface area contributed by atoms with Gasteiger partial charge < -0.3 is 15.3 Å². The maximum atomic E-state index is 11.0. The molecule has 0 bridgehead atoms. The lowest BCUT2D eigenvalue weighted by molar-refractivity contribution is 0.0697. The predicted molar refractivity (Wildman–Crippen MR) is 119 cm³/mol. The Morgan fingerprint density at radius 2 is 1.87 bits per heavy atom. The quantitative estimate of drug-likeness (QED) is 0.450. The number of benzene rings is 1. The molecule has 0 radical (unpaired) electrons. The molecule has 0 unspecified atom stereocenters. The number of carboxylic acid groups (broad SMARTS) is 1.